The standard InChI is InChI=1S/C45H30N4O/c1-3-13-29(14-4-1)32-25-33(27-34(26-32)49-39-20-10-7-17-35(39)36-18-8-11-21-40(36)49)45-47-43(30-15-5-2-6-16-30)46-44(48-45)31-23-24-38-37-19-9-12-22-41(37)50-42(38)28-31/h1-28,44H,(H,46,47,48)/i7D,8D,17D,18D,20D,21D. The van der Waals surface area contributed by atoms with Gasteiger partial charge in [-0.3, -0.25) is 0 Å². The first-order valence-electron chi connectivity index (χ1n) is 19.4. The molecule has 1 aliphatic heterocycles. The number of hydrogen-bond acceptors (Lipinski definition) is 4. The zero-order valence-corrected chi connectivity index (χ0v) is 26.5. The third kappa shape index (κ3) is 4.71. The predicted octanol–water partition coefficient (Wildman–Crippen LogP) is 10.8. The average Bonchev–Trinajstić information content (AvgIpc) is 3.80. The van der Waals surface area contributed by atoms with Crippen LogP contribution in [0.3, 0.4) is 0 Å². The quantitative estimate of drug-likeness (QED) is 0.202. The van der Waals surface area contributed by atoms with Crippen LogP contribution in [-0.4, -0.2) is 16.2 Å². The van der Waals surface area contributed by atoms with Gasteiger partial charge in [-0.05, 0) is 53.5 Å². The molecule has 2 aromatic heterocycles. The molecule has 7 aromatic carbocycles. The Hall–Kier alpha value is -6.72. The molecule has 3 heterocycles. The van der Waals surface area contributed by atoms with Crippen LogP contribution in [0.4, 0.5) is 0 Å². The molecule has 1 N–H and O–H groups in total. The summed E-state index contributed by atoms with van der Waals surface area (Å²) in [5.74, 6) is 1.16. The van der Waals surface area contributed by atoms with Crippen LogP contribution in [0.5, 0.6) is 0 Å². The fourth-order valence-corrected chi connectivity index (χ4v) is 6.84. The Balaban J connectivity index is 1.23. The number of benzene rings is 7. The topological polar surface area (TPSA) is 54.8 Å². The fraction of sp³-hybridized carbons (Fsp3) is 0.0222. The molecule has 0 spiro atoms. The SMILES string of the molecule is [2H]c1cc([2H])c2c(c1[2H])c1c([2H])c([2H])cc([2H])c1n2-c1cc(C2=NC(c3ccc4c(c3)oc3ccccc34)N=C(c3ccccc3)N2)cc(-c2ccccc2)c1. The summed E-state index contributed by atoms with van der Waals surface area (Å²) in [7, 11) is 0. The third-order valence-electron chi connectivity index (χ3n) is 9.17. The van der Waals surface area contributed by atoms with E-state index < -0.39 is 6.17 Å². The van der Waals surface area contributed by atoms with Crippen molar-refractivity contribution in [2.45, 2.75) is 6.17 Å². The molecule has 0 fully saturated rings. The number of amidine groups is 2. The van der Waals surface area contributed by atoms with Crippen molar-refractivity contribution in [3.63, 3.8) is 0 Å². The normalized spacial score (nSPS) is 16.3. The van der Waals surface area contributed by atoms with E-state index in [4.69, 9.17) is 22.6 Å². The van der Waals surface area contributed by atoms with E-state index in [-0.39, 0.29) is 58.1 Å². The van der Waals surface area contributed by atoms with E-state index in [0.717, 1.165) is 44.2 Å². The fourth-order valence-electron chi connectivity index (χ4n) is 6.84. The van der Waals surface area contributed by atoms with E-state index in [1.807, 2.05) is 121 Å². The molecule has 0 amide bonds. The van der Waals surface area contributed by atoms with Crippen LogP contribution >= 0.6 is 0 Å². The van der Waals surface area contributed by atoms with E-state index in [1.165, 1.54) is 12.1 Å². The Morgan fingerprint density at radius 3 is 1.88 bits per heavy atom. The molecule has 10 rings (SSSR count). The van der Waals surface area contributed by atoms with Gasteiger partial charge in [0.25, 0.3) is 0 Å². The van der Waals surface area contributed by atoms with Crippen LogP contribution in [0.2, 0.25) is 0 Å². The van der Waals surface area contributed by atoms with Crippen molar-refractivity contribution in [1.82, 2.24) is 9.88 Å². The Kier molecular flexibility index (Phi) is 5.22. The molecule has 0 bridgehead atoms. The Bertz CT molecular complexity index is 3060. The van der Waals surface area contributed by atoms with E-state index in [1.54, 1.807) is 4.57 Å². The first kappa shape index (κ1) is 22.8. The Morgan fingerprint density at radius 1 is 0.520 bits per heavy atom. The number of fused-ring (bicyclic) bond motifs is 6. The van der Waals surface area contributed by atoms with Gasteiger partial charge in [-0.15, -0.1) is 0 Å². The van der Waals surface area contributed by atoms with Crippen molar-refractivity contribution in [3.05, 3.63) is 186 Å². The molecule has 0 radical (unpaired) electrons. The Morgan fingerprint density at radius 2 is 1.14 bits per heavy atom. The highest BCUT2D eigenvalue weighted by atomic mass is 16.3. The van der Waals surface area contributed by atoms with E-state index in [0.29, 0.717) is 22.9 Å². The molecular weight excluding hydrogens is 613 g/mol. The van der Waals surface area contributed by atoms with Gasteiger partial charge >= 0.3 is 0 Å². The van der Waals surface area contributed by atoms with Gasteiger partial charge in [-0.25, -0.2) is 9.98 Å². The summed E-state index contributed by atoms with van der Waals surface area (Å²) in [6.45, 7) is 0. The van der Waals surface area contributed by atoms with Gasteiger partial charge in [-0.2, -0.15) is 0 Å². The first-order chi connectivity index (χ1) is 27.2. The lowest BCUT2D eigenvalue weighted by Gasteiger charge is -2.23. The minimum atomic E-state index is -0.640. The summed E-state index contributed by atoms with van der Waals surface area (Å²) in [6.07, 6.45) is -0.640. The van der Waals surface area contributed by atoms with Gasteiger partial charge in [0.1, 0.15) is 22.8 Å². The van der Waals surface area contributed by atoms with Crippen LogP contribution in [0, 0.1) is 0 Å². The lowest BCUT2D eigenvalue weighted by molar-refractivity contribution is 0.665. The van der Waals surface area contributed by atoms with Crippen molar-refractivity contribution in [2.75, 3.05) is 0 Å². The second-order valence-electron chi connectivity index (χ2n) is 12.2. The third-order valence-corrected chi connectivity index (χ3v) is 9.17. The highest BCUT2D eigenvalue weighted by Crippen LogP contribution is 2.36. The van der Waals surface area contributed by atoms with Gasteiger partial charge in [0.05, 0.1) is 19.3 Å². The molecule has 1 atom stereocenters. The van der Waals surface area contributed by atoms with Crippen LogP contribution in [0.15, 0.2) is 184 Å². The zero-order valence-electron chi connectivity index (χ0n) is 32.5. The van der Waals surface area contributed by atoms with Crippen molar-refractivity contribution in [2.24, 2.45) is 9.98 Å². The van der Waals surface area contributed by atoms with Crippen LogP contribution in [0.1, 0.15) is 31.1 Å². The van der Waals surface area contributed by atoms with Crippen LogP contribution in [-0.2, 0) is 0 Å². The second-order valence-corrected chi connectivity index (χ2v) is 12.2. The van der Waals surface area contributed by atoms with Gasteiger partial charge in [0.15, 0.2) is 6.17 Å². The molecule has 9 aromatic rings. The maximum absolute atomic E-state index is 9.07. The van der Waals surface area contributed by atoms with E-state index in [2.05, 4.69) is 5.32 Å². The Labute approximate surface area is 296 Å². The van der Waals surface area contributed by atoms with Crippen LogP contribution in [0.25, 0.3) is 60.6 Å². The minimum Gasteiger partial charge on any atom is -0.456 e. The van der Waals surface area contributed by atoms with Crippen molar-refractivity contribution in [3.8, 4) is 16.8 Å². The first-order valence-corrected chi connectivity index (χ1v) is 16.4. The average molecular weight is 649 g/mol. The summed E-state index contributed by atoms with van der Waals surface area (Å²) in [4.78, 5) is 10.3. The highest BCUT2D eigenvalue weighted by molar-refractivity contribution is 6.17. The lowest BCUT2D eigenvalue weighted by atomic mass is 10.0. The number of para-hydroxylation sites is 3. The number of nitrogens with one attached hydrogen (secondary N) is 1. The molecular formula is C45H30N4O. The second kappa shape index (κ2) is 11.5. The summed E-state index contributed by atoms with van der Waals surface area (Å²) >= 11 is 0. The van der Waals surface area contributed by atoms with Gasteiger partial charge in [0, 0.05) is 43.9 Å². The van der Waals surface area contributed by atoms with Crippen molar-refractivity contribution < 1.29 is 12.6 Å². The largest absolute Gasteiger partial charge is 0.456 e. The molecule has 1 unspecified atom stereocenters. The summed E-state index contributed by atoms with van der Waals surface area (Å²) in [5, 5.41) is 5.95. The molecule has 0 saturated heterocycles. The molecule has 0 saturated carbocycles. The van der Waals surface area contributed by atoms with E-state index >= 15 is 0 Å². The number of hydrogen-bond donors (Lipinski definition) is 1. The molecule has 1 aliphatic rings. The van der Waals surface area contributed by atoms with Gasteiger partial charge in [0.2, 0.25) is 0 Å². The number of aromatic nitrogens is 1. The van der Waals surface area contributed by atoms with Gasteiger partial charge in [-0.1, -0.05) is 127 Å². The highest BCUT2D eigenvalue weighted by Gasteiger charge is 2.23. The summed E-state index contributed by atoms with van der Waals surface area (Å²) in [5.41, 5.74) is 6.82. The zero-order chi connectivity index (χ0) is 38.2. The molecule has 236 valence electrons. The maximum atomic E-state index is 9.07. The number of furan rings is 1. The minimum absolute atomic E-state index is 0.0260. The number of nitrogens with zero attached hydrogens (tertiary/aromatic N) is 3. The molecule has 5 nitrogen and oxygen atoms in total. The number of rotatable bonds is 5. The monoisotopic (exact) mass is 648 g/mol. The predicted molar refractivity (Wildman–Crippen MR) is 205 cm³/mol. The summed E-state index contributed by atoms with van der Waals surface area (Å²) < 4.78 is 60.9. The van der Waals surface area contributed by atoms with E-state index in [9.17, 15) is 0 Å². The van der Waals surface area contributed by atoms with Gasteiger partial charge < -0.3 is 14.3 Å². The lowest BCUT2D eigenvalue weighted by Crippen LogP contribution is -2.36. The smallest absolute Gasteiger partial charge is 0.169 e. The molecule has 5 heteroatoms. The molecule has 0 aliphatic carbocycles. The molecule has 50 heavy (non-hydrogen) atoms. The summed E-state index contributed by atoms with van der Waals surface area (Å²) in [6, 6.07) is 41.5. The van der Waals surface area contributed by atoms with Crippen molar-refractivity contribution in [1.29, 1.82) is 0 Å². The van der Waals surface area contributed by atoms with Crippen molar-refractivity contribution >= 4 is 55.4 Å². The van der Waals surface area contributed by atoms with Crippen LogP contribution < -0.4 is 5.32 Å². The number of aliphatic imine (C=N–C) groups is 2. The maximum Gasteiger partial charge on any atom is 0.169 e.